The van der Waals surface area contributed by atoms with E-state index >= 15 is 0 Å². The quantitative estimate of drug-likeness (QED) is 0.311. The molecule has 6 nitrogen and oxygen atoms in total. The summed E-state index contributed by atoms with van der Waals surface area (Å²) in [6.07, 6.45) is 2.10. The van der Waals surface area contributed by atoms with Gasteiger partial charge < -0.3 is 14.6 Å². The van der Waals surface area contributed by atoms with Gasteiger partial charge in [-0.1, -0.05) is 0 Å². The monoisotopic (exact) mass is 242 g/mol. The molecule has 1 aliphatic heterocycles. The van der Waals surface area contributed by atoms with E-state index in [4.69, 9.17) is 0 Å². The molecule has 1 aliphatic rings. The molecule has 0 bridgehead atoms. The third-order valence-corrected chi connectivity index (χ3v) is 3.47. The van der Waals surface area contributed by atoms with E-state index in [1.807, 2.05) is 0 Å². The van der Waals surface area contributed by atoms with Crippen LogP contribution >= 0.6 is 11.9 Å². The Morgan fingerprint density at radius 1 is 1.57 bits per heavy atom. The third-order valence-electron chi connectivity index (χ3n) is 1.74. The molecule has 0 radical (unpaired) electrons. The Morgan fingerprint density at radius 3 is 2.71 bits per heavy atom. The second kappa shape index (κ2) is 4.33. The van der Waals surface area contributed by atoms with Crippen LogP contribution < -0.4 is 0 Å². The van der Waals surface area contributed by atoms with Gasteiger partial charge in [-0.05, 0) is 12.8 Å². The van der Waals surface area contributed by atoms with Crippen molar-refractivity contribution in [3.63, 3.8) is 0 Å². The Balaban J connectivity index is 2.39. The summed E-state index contributed by atoms with van der Waals surface area (Å²) < 4.78 is 24.2. The Morgan fingerprint density at radius 2 is 2.21 bits per heavy atom. The van der Waals surface area contributed by atoms with Gasteiger partial charge in [0.1, 0.15) is 0 Å². The van der Waals surface area contributed by atoms with Crippen LogP contribution in [0.15, 0.2) is 0 Å². The maximum Gasteiger partial charge on any atom is 0.264 e. The zero-order valence-electron chi connectivity index (χ0n) is 7.71. The molecule has 0 amide bonds. The molecule has 1 unspecified atom stereocenters. The molecule has 0 spiro atoms. The van der Waals surface area contributed by atoms with E-state index in [2.05, 4.69) is 4.18 Å². The van der Waals surface area contributed by atoms with Crippen LogP contribution in [0.1, 0.15) is 12.8 Å². The first-order valence-electron chi connectivity index (χ1n) is 4.11. The van der Waals surface area contributed by atoms with Gasteiger partial charge in [-0.25, -0.2) is 0 Å². The zero-order valence-corrected chi connectivity index (χ0v) is 9.34. The van der Waals surface area contributed by atoms with Crippen LogP contribution in [0.3, 0.4) is 0 Å². The van der Waals surface area contributed by atoms with Gasteiger partial charge in [-0.15, -0.1) is 0 Å². The Kier molecular flexibility index (Phi) is 3.78. The summed E-state index contributed by atoms with van der Waals surface area (Å²) in [6, 6.07) is 0. The minimum absolute atomic E-state index is 0.0278. The van der Waals surface area contributed by atoms with Gasteiger partial charge in [0.25, 0.3) is 10.1 Å². The molecule has 14 heavy (non-hydrogen) atoms. The maximum atomic E-state index is 11.0. The molecule has 0 aromatic heterocycles. The predicted molar refractivity (Wildman–Crippen MR) is 53.3 cm³/mol. The Bertz CT molecular complexity index is 289. The number of hydrogen-bond acceptors (Lipinski definition) is 6. The van der Waals surface area contributed by atoms with Crippen molar-refractivity contribution in [2.45, 2.75) is 18.1 Å². The highest BCUT2D eigenvalue weighted by atomic mass is 32.2. The summed E-state index contributed by atoms with van der Waals surface area (Å²) in [5.74, 6) is 0. The molecule has 0 N–H and O–H groups in total. The fourth-order valence-corrected chi connectivity index (χ4v) is 2.75. The van der Waals surface area contributed by atoms with E-state index in [1.165, 1.54) is 0 Å². The first-order chi connectivity index (χ1) is 6.29. The SMILES string of the molecule is CS(=O)(=O)OCC1CCC[N+]([O-])([O-])S1. The summed E-state index contributed by atoms with van der Waals surface area (Å²) in [7, 11) is -3.49. The standard InChI is InChI=1S/C6H12NO5S2/c1-14(10,11)12-5-6-3-2-4-7(8,9)13-6/h6H,2-5H2,1H3/q-1. The van der Waals surface area contributed by atoms with Gasteiger partial charge in [0, 0.05) is 0 Å². The van der Waals surface area contributed by atoms with Gasteiger partial charge in [-0.3, -0.25) is 4.18 Å². The highest BCUT2D eigenvalue weighted by molar-refractivity contribution is 7.94. The highest BCUT2D eigenvalue weighted by Crippen LogP contribution is 2.33. The molecule has 1 heterocycles. The number of hydroxylamine groups is 2. The first-order valence-corrected chi connectivity index (χ1v) is 6.77. The second-order valence-corrected chi connectivity index (χ2v) is 6.27. The van der Waals surface area contributed by atoms with Crippen LogP contribution in [0.2, 0.25) is 0 Å². The van der Waals surface area contributed by atoms with E-state index in [9.17, 15) is 18.8 Å². The summed E-state index contributed by atoms with van der Waals surface area (Å²) >= 11 is 0.666. The Hall–Kier alpha value is 0.140. The van der Waals surface area contributed by atoms with Crippen molar-refractivity contribution in [1.29, 1.82) is 0 Å². The van der Waals surface area contributed by atoms with Crippen molar-refractivity contribution in [3.8, 4) is 0 Å². The smallest absolute Gasteiger partial charge is 0.264 e. The van der Waals surface area contributed by atoms with Crippen LogP contribution in [0.25, 0.3) is 0 Å². The first kappa shape index (κ1) is 12.2. The van der Waals surface area contributed by atoms with E-state index < -0.39 is 14.3 Å². The summed E-state index contributed by atoms with van der Waals surface area (Å²) in [5.41, 5.74) is 0. The van der Waals surface area contributed by atoms with Crippen molar-refractivity contribution < 1.29 is 16.8 Å². The fraction of sp³-hybridized carbons (Fsp3) is 1.00. The lowest BCUT2D eigenvalue weighted by molar-refractivity contribution is -0.686. The summed E-state index contributed by atoms with van der Waals surface area (Å²) in [4.78, 5) is 0. The van der Waals surface area contributed by atoms with Crippen LogP contribution in [0.5, 0.6) is 0 Å². The van der Waals surface area contributed by atoms with Crippen LogP contribution in [-0.2, 0) is 14.3 Å². The van der Waals surface area contributed by atoms with Crippen molar-refractivity contribution in [3.05, 3.63) is 10.4 Å². The minimum Gasteiger partial charge on any atom is -0.619 e. The molecule has 0 aromatic carbocycles. The van der Waals surface area contributed by atoms with Crippen molar-refractivity contribution in [2.24, 2.45) is 0 Å². The molecular formula is C6H12NO5S2-. The van der Waals surface area contributed by atoms with Gasteiger partial charge in [-0.2, -0.15) is 8.42 Å². The van der Waals surface area contributed by atoms with Crippen molar-refractivity contribution >= 4 is 22.1 Å². The molecule has 0 aliphatic carbocycles. The van der Waals surface area contributed by atoms with Crippen LogP contribution in [-0.4, -0.2) is 37.3 Å². The molecular weight excluding hydrogens is 230 g/mol. The average Bonchev–Trinajstić information content (AvgIpc) is 1.98. The van der Waals surface area contributed by atoms with E-state index in [-0.39, 0.29) is 18.4 Å². The molecule has 0 aromatic rings. The van der Waals surface area contributed by atoms with E-state index in [0.29, 0.717) is 24.8 Å². The predicted octanol–water partition coefficient (Wildman–Crippen LogP) is 0.586. The summed E-state index contributed by atoms with van der Waals surface area (Å²) in [5, 5.41) is 21.7. The molecule has 8 heteroatoms. The van der Waals surface area contributed by atoms with E-state index in [0.717, 1.165) is 6.26 Å². The lowest BCUT2D eigenvalue weighted by Gasteiger charge is -2.48. The van der Waals surface area contributed by atoms with Gasteiger partial charge in [0.2, 0.25) is 0 Å². The van der Waals surface area contributed by atoms with Gasteiger partial charge >= 0.3 is 0 Å². The third kappa shape index (κ3) is 4.58. The highest BCUT2D eigenvalue weighted by Gasteiger charge is 2.25. The van der Waals surface area contributed by atoms with E-state index in [1.54, 1.807) is 0 Å². The molecule has 84 valence electrons. The van der Waals surface area contributed by atoms with Gasteiger partial charge in [0.15, 0.2) is 0 Å². The van der Waals surface area contributed by atoms with Crippen LogP contribution in [0.4, 0.5) is 0 Å². The minimum atomic E-state index is -3.49. The Labute approximate surface area is 87.2 Å². The lowest BCUT2D eigenvalue weighted by Crippen LogP contribution is -2.37. The number of quaternary nitrogens is 1. The molecule has 1 atom stereocenters. The van der Waals surface area contributed by atoms with Crippen molar-refractivity contribution in [2.75, 3.05) is 19.4 Å². The second-order valence-electron chi connectivity index (χ2n) is 3.19. The largest absolute Gasteiger partial charge is 0.619 e. The summed E-state index contributed by atoms with van der Waals surface area (Å²) in [6.45, 7) is -0.0615. The topological polar surface area (TPSA) is 89.5 Å². The molecule has 1 rings (SSSR count). The number of nitrogens with zero attached hydrogens (tertiary/aromatic N) is 1. The maximum absolute atomic E-state index is 11.0. The zero-order chi connectivity index (χ0) is 10.8. The fourth-order valence-electron chi connectivity index (χ4n) is 1.16. The number of hydrogen-bond donors (Lipinski definition) is 0. The van der Waals surface area contributed by atoms with Crippen LogP contribution in [0, 0.1) is 10.4 Å². The van der Waals surface area contributed by atoms with Crippen molar-refractivity contribution in [1.82, 2.24) is 0 Å². The molecule has 1 saturated heterocycles. The molecule has 0 saturated carbocycles. The molecule has 1 fully saturated rings. The number of rotatable bonds is 3. The normalized spacial score (nSPS) is 27.5. The van der Waals surface area contributed by atoms with Gasteiger partial charge in [0.05, 0.1) is 36.6 Å². The average molecular weight is 242 g/mol. The lowest BCUT2D eigenvalue weighted by atomic mass is 10.2.